The molecule has 26 heavy (non-hydrogen) atoms. The van der Waals surface area contributed by atoms with Gasteiger partial charge in [0.1, 0.15) is 0 Å². The van der Waals surface area contributed by atoms with Crippen molar-refractivity contribution in [2.45, 2.75) is 13.8 Å². The Morgan fingerprint density at radius 1 is 0.654 bits per heavy atom. The van der Waals surface area contributed by atoms with Crippen molar-refractivity contribution in [3.05, 3.63) is 95.1 Å². The molecule has 3 aromatic rings. The smallest absolute Gasteiger partial charge is 0.338 e. The van der Waals surface area contributed by atoms with Gasteiger partial charge in [-0.25, -0.2) is 4.79 Å². The predicted molar refractivity (Wildman–Crippen MR) is 102 cm³/mol. The Morgan fingerprint density at radius 2 is 1.08 bits per heavy atom. The number of esters is 1. The average Bonchev–Trinajstić information content (AvgIpc) is 2.67. The number of rotatable bonds is 5. The van der Waals surface area contributed by atoms with E-state index in [0.29, 0.717) is 11.1 Å². The van der Waals surface area contributed by atoms with Crippen molar-refractivity contribution in [1.82, 2.24) is 0 Å². The van der Waals surface area contributed by atoms with Gasteiger partial charge in [0, 0.05) is 5.56 Å². The maximum absolute atomic E-state index is 12.2. The first-order chi connectivity index (χ1) is 12.5. The molecule has 0 bridgehead atoms. The molecule has 3 nitrogen and oxygen atoms in total. The highest BCUT2D eigenvalue weighted by Gasteiger charge is 2.12. The van der Waals surface area contributed by atoms with Crippen LogP contribution in [0.3, 0.4) is 0 Å². The quantitative estimate of drug-likeness (QED) is 0.483. The average molecular weight is 344 g/mol. The Labute approximate surface area is 153 Å². The van der Waals surface area contributed by atoms with E-state index in [9.17, 15) is 9.59 Å². The highest BCUT2D eigenvalue weighted by molar-refractivity contribution is 5.99. The number of aryl methyl sites for hydroxylation is 2. The molecule has 130 valence electrons. The highest BCUT2D eigenvalue weighted by atomic mass is 16.5. The number of benzene rings is 3. The molecule has 3 rings (SSSR count). The molecule has 0 saturated heterocycles. The zero-order chi connectivity index (χ0) is 18.5. The van der Waals surface area contributed by atoms with Gasteiger partial charge in [-0.05, 0) is 37.1 Å². The Hall–Kier alpha value is -3.20. The molecule has 3 aromatic carbocycles. The number of carbonyl (C=O) groups excluding carboxylic acids is 2. The van der Waals surface area contributed by atoms with Gasteiger partial charge in [0.15, 0.2) is 12.4 Å². The van der Waals surface area contributed by atoms with Crippen molar-refractivity contribution >= 4 is 11.8 Å². The lowest BCUT2D eigenvalue weighted by molar-refractivity contribution is 0.0475. The third kappa shape index (κ3) is 4.25. The van der Waals surface area contributed by atoms with Crippen LogP contribution < -0.4 is 0 Å². The van der Waals surface area contributed by atoms with E-state index in [-0.39, 0.29) is 12.4 Å². The summed E-state index contributed by atoms with van der Waals surface area (Å²) in [6.07, 6.45) is 0. The van der Waals surface area contributed by atoms with Gasteiger partial charge in [0.05, 0.1) is 5.56 Å². The van der Waals surface area contributed by atoms with Gasteiger partial charge < -0.3 is 4.74 Å². The number of hydrogen-bond acceptors (Lipinski definition) is 3. The lowest BCUT2D eigenvalue weighted by Gasteiger charge is -2.06. The van der Waals surface area contributed by atoms with E-state index < -0.39 is 5.97 Å². The van der Waals surface area contributed by atoms with E-state index in [4.69, 9.17) is 4.74 Å². The predicted octanol–water partition coefficient (Wildman–Crippen LogP) is 5.01. The minimum atomic E-state index is -0.499. The number of ether oxygens (including phenoxy) is 1. The number of hydrogen-bond donors (Lipinski definition) is 0. The minimum Gasteiger partial charge on any atom is -0.454 e. The van der Waals surface area contributed by atoms with Crippen LogP contribution in [-0.4, -0.2) is 18.4 Å². The van der Waals surface area contributed by atoms with Gasteiger partial charge in [-0.3, -0.25) is 4.79 Å². The van der Waals surface area contributed by atoms with Gasteiger partial charge in [-0.2, -0.15) is 0 Å². The molecule has 3 heteroatoms. The van der Waals surface area contributed by atoms with E-state index in [1.807, 2.05) is 62.4 Å². The van der Waals surface area contributed by atoms with E-state index >= 15 is 0 Å². The molecule has 0 aromatic heterocycles. The first-order valence-corrected chi connectivity index (χ1v) is 8.47. The van der Waals surface area contributed by atoms with E-state index in [1.54, 1.807) is 24.3 Å². The van der Waals surface area contributed by atoms with Crippen molar-refractivity contribution in [2.75, 3.05) is 6.61 Å². The molecule has 0 aliphatic carbocycles. The molecule has 0 amide bonds. The Balaban J connectivity index is 1.62. The number of Topliss-reactive ketones (excluding diaryl/α,β-unsaturated/α-hetero) is 1. The van der Waals surface area contributed by atoms with Crippen molar-refractivity contribution < 1.29 is 14.3 Å². The monoisotopic (exact) mass is 344 g/mol. The lowest BCUT2D eigenvalue weighted by atomic mass is 10.0. The summed E-state index contributed by atoms with van der Waals surface area (Å²) >= 11 is 0. The van der Waals surface area contributed by atoms with Crippen molar-refractivity contribution in [3.63, 3.8) is 0 Å². The van der Waals surface area contributed by atoms with Crippen LogP contribution in [0.4, 0.5) is 0 Å². The Bertz CT molecular complexity index is 905. The molecular weight excluding hydrogens is 324 g/mol. The first-order valence-electron chi connectivity index (χ1n) is 8.47. The van der Waals surface area contributed by atoms with Crippen molar-refractivity contribution in [1.29, 1.82) is 0 Å². The summed E-state index contributed by atoms with van der Waals surface area (Å²) in [5.74, 6) is -0.712. The van der Waals surface area contributed by atoms with Crippen LogP contribution in [0.25, 0.3) is 11.1 Å². The SMILES string of the molecule is Cc1ccc(C(=O)COC(=O)c2ccc(-c3ccc(C)cc3)cc2)cc1. The van der Waals surface area contributed by atoms with E-state index in [2.05, 4.69) is 0 Å². The summed E-state index contributed by atoms with van der Waals surface area (Å²) in [6, 6.07) is 22.6. The molecule has 0 aliphatic heterocycles. The second-order valence-corrected chi connectivity index (χ2v) is 6.31. The van der Waals surface area contributed by atoms with Gasteiger partial charge in [0.2, 0.25) is 0 Å². The van der Waals surface area contributed by atoms with Crippen LogP contribution in [0.1, 0.15) is 31.8 Å². The fourth-order valence-corrected chi connectivity index (χ4v) is 2.58. The molecule has 0 heterocycles. The molecule has 0 N–H and O–H groups in total. The molecule has 0 fully saturated rings. The van der Waals surface area contributed by atoms with Crippen LogP contribution in [0.5, 0.6) is 0 Å². The van der Waals surface area contributed by atoms with Crippen molar-refractivity contribution in [2.24, 2.45) is 0 Å². The van der Waals surface area contributed by atoms with E-state index in [1.165, 1.54) is 5.56 Å². The second kappa shape index (κ2) is 7.79. The molecular formula is C23H20O3. The van der Waals surface area contributed by atoms with Gasteiger partial charge >= 0.3 is 5.97 Å². The zero-order valence-corrected chi connectivity index (χ0v) is 14.9. The Morgan fingerprint density at radius 3 is 1.62 bits per heavy atom. The first kappa shape index (κ1) is 17.6. The van der Waals surface area contributed by atoms with Crippen LogP contribution in [-0.2, 0) is 4.74 Å². The summed E-state index contributed by atoms with van der Waals surface area (Å²) in [5, 5.41) is 0. The summed E-state index contributed by atoms with van der Waals surface area (Å²) in [6.45, 7) is 3.73. The summed E-state index contributed by atoms with van der Waals surface area (Å²) in [4.78, 5) is 24.2. The molecule has 0 aliphatic rings. The second-order valence-electron chi connectivity index (χ2n) is 6.31. The fourth-order valence-electron chi connectivity index (χ4n) is 2.58. The van der Waals surface area contributed by atoms with Crippen LogP contribution in [0.2, 0.25) is 0 Å². The summed E-state index contributed by atoms with van der Waals surface area (Å²) in [5.41, 5.74) is 5.36. The van der Waals surface area contributed by atoms with Gasteiger partial charge in [-0.1, -0.05) is 71.8 Å². The zero-order valence-electron chi connectivity index (χ0n) is 14.9. The van der Waals surface area contributed by atoms with Crippen LogP contribution >= 0.6 is 0 Å². The fraction of sp³-hybridized carbons (Fsp3) is 0.130. The summed E-state index contributed by atoms with van der Waals surface area (Å²) < 4.78 is 5.15. The number of carbonyl (C=O) groups is 2. The lowest BCUT2D eigenvalue weighted by Crippen LogP contribution is -2.14. The Kier molecular flexibility index (Phi) is 5.28. The number of ketones is 1. The standard InChI is InChI=1S/C23H20O3/c1-16-3-7-18(8-4-16)19-11-13-21(14-12-19)23(25)26-15-22(24)20-9-5-17(2)6-10-20/h3-14H,15H2,1-2H3. The van der Waals surface area contributed by atoms with Gasteiger partial charge in [-0.15, -0.1) is 0 Å². The topological polar surface area (TPSA) is 43.4 Å². The molecule has 0 spiro atoms. The molecule has 0 radical (unpaired) electrons. The van der Waals surface area contributed by atoms with Crippen LogP contribution in [0.15, 0.2) is 72.8 Å². The van der Waals surface area contributed by atoms with Crippen LogP contribution in [0, 0.1) is 13.8 Å². The molecule has 0 unspecified atom stereocenters. The maximum atomic E-state index is 12.2. The molecule has 0 saturated carbocycles. The molecule has 0 atom stereocenters. The largest absolute Gasteiger partial charge is 0.454 e. The maximum Gasteiger partial charge on any atom is 0.338 e. The highest BCUT2D eigenvalue weighted by Crippen LogP contribution is 2.20. The third-order valence-corrected chi connectivity index (χ3v) is 4.21. The third-order valence-electron chi connectivity index (χ3n) is 4.21. The minimum absolute atomic E-state index is 0.213. The van der Waals surface area contributed by atoms with E-state index in [0.717, 1.165) is 16.7 Å². The van der Waals surface area contributed by atoms with Gasteiger partial charge in [0.25, 0.3) is 0 Å². The normalized spacial score (nSPS) is 10.4. The summed E-state index contributed by atoms with van der Waals surface area (Å²) in [7, 11) is 0. The van der Waals surface area contributed by atoms with Crippen molar-refractivity contribution in [3.8, 4) is 11.1 Å².